The van der Waals surface area contributed by atoms with E-state index in [-0.39, 0.29) is 0 Å². The van der Waals surface area contributed by atoms with E-state index in [4.69, 9.17) is 17.3 Å². The molecule has 0 aliphatic rings. The molecule has 26 heavy (non-hydrogen) atoms. The van der Waals surface area contributed by atoms with Gasteiger partial charge in [0.25, 0.3) is 0 Å². The highest BCUT2D eigenvalue weighted by atomic mass is 35.5. The monoisotopic (exact) mass is 364 g/mol. The van der Waals surface area contributed by atoms with Gasteiger partial charge in [0.2, 0.25) is 5.95 Å². The minimum absolute atomic E-state index is 0.390. The van der Waals surface area contributed by atoms with Gasteiger partial charge < -0.3 is 11.1 Å². The first-order valence-electron chi connectivity index (χ1n) is 8.11. The van der Waals surface area contributed by atoms with E-state index in [9.17, 15) is 0 Å². The van der Waals surface area contributed by atoms with Gasteiger partial charge in [-0.2, -0.15) is 0 Å². The summed E-state index contributed by atoms with van der Waals surface area (Å²) in [6.07, 6.45) is 1.50. The molecule has 2 aromatic carbocycles. The van der Waals surface area contributed by atoms with Crippen molar-refractivity contribution in [3.63, 3.8) is 0 Å². The Balaban J connectivity index is 1.77. The number of aromatic nitrogens is 4. The Labute approximate surface area is 155 Å². The maximum absolute atomic E-state index is 6.16. The van der Waals surface area contributed by atoms with Crippen LogP contribution in [0.5, 0.6) is 0 Å². The lowest BCUT2D eigenvalue weighted by molar-refractivity contribution is 1.01. The van der Waals surface area contributed by atoms with Crippen molar-refractivity contribution in [2.24, 2.45) is 0 Å². The van der Waals surface area contributed by atoms with Crippen molar-refractivity contribution in [1.29, 1.82) is 0 Å². The standard InChI is InChI=1S/C19H17ClN6/c1-11-7-15-16(8-12(11)2)26(19(21)25-15)18-9-17(22-10-23-18)24-14-5-3-13(20)4-6-14/h3-10H,1-2H3,(H2,21,25)(H,22,23,24). The van der Waals surface area contributed by atoms with E-state index < -0.39 is 0 Å². The third kappa shape index (κ3) is 2.95. The van der Waals surface area contributed by atoms with Crippen LogP contribution in [0.15, 0.2) is 48.8 Å². The fourth-order valence-corrected chi connectivity index (χ4v) is 2.94. The summed E-state index contributed by atoms with van der Waals surface area (Å²) >= 11 is 5.93. The van der Waals surface area contributed by atoms with Crippen LogP contribution in [0, 0.1) is 13.8 Å². The molecule has 130 valence electrons. The molecule has 2 aromatic heterocycles. The molecule has 0 aliphatic carbocycles. The zero-order chi connectivity index (χ0) is 18.3. The number of nitrogen functional groups attached to an aromatic ring is 1. The molecule has 4 rings (SSSR count). The number of fused-ring (bicyclic) bond motifs is 1. The summed E-state index contributed by atoms with van der Waals surface area (Å²) in [6.45, 7) is 4.12. The highest BCUT2D eigenvalue weighted by Gasteiger charge is 2.13. The summed E-state index contributed by atoms with van der Waals surface area (Å²) in [4.78, 5) is 13.1. The van der Waals surface area contributed by atoms with Crippen LogP contribution in [0.25, 0.3) is 16.9 Å². The van der Waals surface area contributed by atoms with Gasteiger partial charge in [-0.15, -0.1) is 0 Å². The number of hydrogen-bond donors (Lipinski definition) is 2. The van der Waals surface area contributed by atoms with E-state index in [0.717, 1.165) is 16.7 Å². The number of imidazole rings is 1. The van der Waals surface area contributed by atoms with Crippen LogP contribution >= 0.6 is 11.6 Å². The number of halogens is 1. The number of nitrogens with two attached hydrogens (primary N) is 1. The predicted octanol–water partition coefficient (Wildman–Crippen LogP) is 4.41. The molecule has 2 heterocycles. The van der Waals surface area contributed by atoms with Gasteiger partial charge >= 0.3 is 0 Å². The molecule has 3 N–H and O–H groups in total. The van der Waals surface area contributed by atoms with Gasteiger partial charge in [0.1, 0.15) is 18.0 Å². The van der Waals surface area contributed by atoms with Gasteiger partial charge in [-0.3, -0.25) is 4.57 Å². The van der Waals surface area contributed by atoms with Gasteiger partial charge in [-0.1, -0.05) is 11.6 Å². The zero-order valence-corrected chi connectivity index (χ0v) is 15.1. The summed E-state index contributed by atoms with van der Waals surface area (Å²) in [5.41, 5.74) is 11.2. The quantitative estimate of drug-likeness (QED) is 0.562. The van der Waals surface area contributed by atoms with E-state index >= 15 is 0 Å². The van der Waals surface area contributed by atoms with Crippen LogP contribution in [0.4, 0.5) is 17.5 Å². The summed E-state index contributed by atoms with van der Waals surface area (Å²) in [6, 6.07) is 13.3. The summed E-state index contributed by atoms with van der Waals surface area (Å²) < 4.78 is 1.83. The SMILES string of the molecule is Cc1cc2nc(N)n(-c3cc(Nc4ccc(Cl)cc4)ncn3)c2cc1C. The second kappa shape index (κ2) is 6.31. The fraction of sp³-hybridized carbons (Fsp3) is 0.105. The Morgan fingerprint density at radius 3 is 2.50 bits per heavy atom. The molecule has 0 spiro atoms. The molecule has 0 saturated carbocycles. The Hall–Kier alpha value is -3.12. The van der Waals surface area contributed by atoms with E-state index in [1.165, 1.54) is 17.5 Å². The molecule has 0 fully saturated rings. The first-order chi connectivity index (χ1) is 12.5. The fourth-order valence-electron chi connectivity index (χ4n) is 2.81. The van der Waals surface area contributed by atoms with Crippen LogP contribution in [0.2, 0.25) is 5.02 Å². The van der Waals surface area contributed by atoms with Gasteiger partial charge in [-0.05, 0) is 61.4 Å². The molecular formula is C19H17ClN6. The molecule has 4 aromatic rings. The lowest BCUT2D eigenvalue weighted by Gasteiger charge is -2.09. The van der Waals surface area contributed by atoms with Crippen molar-refractivity contribution >= 4 is 40.1 Å². The van der Waals surface area contributed by atoms with Crippen molar-refractivity contribution in [2.75, 3.05) is 11.1 Å². The van der Waals surface area contributed by atoms with E-state index in [1.807, 2.05) is 41.0 Å². The average molecular weight is 365 g/mol. The summed E-state index contributed by atoms with van der Waals surface area (Å²) in [5, 5.41) is 3.92. The number of aryl methyl sites for hydroxylation is 2. The van der Waals surface area contributed by atoms with Crippen molar-refractivity contribution in [3.05, 3.63) is 64.9 Å². The van der Waals surface area contributed by atoms with Crippen LogP contribution in [0.1, 0.15) is 11.1 Å². The molecule has 0 unspecified atom stereocenters. The molecule has 6 nitrogen and oxygen atoms in total. The van der Waals surface area contributed by atoms with E-state index in [2.05, 4.69) is 40.2 Å². The predicted molar refractivity (Wildman–Crippen MR) is 105 cm³/mol. The van der Waals surface area contributed by atoms with Crippen LogP contribution in [-0.2, 0) is 0 Å². The highest BCUT2D eigenvalue weighted by Crippen LogP contribution is 2.26. The van der Waals surface area contributed by atoms with Crippen molar-refractivity contribution in [1.82, 2.24) is 19.5 Å². The minimum atomic E-state index is 0.390. The van der Waals surface area contributed by atoms with Crippen LogP contribution < -0.4 is 11.1 Å². The Bertz CT molecular complexity index is 1100. The smallest absolute Gasteiger partial charge is 0.207 e. The first kappa shape index (κ1) is 16.4. The van der Waals surface area contributed by atoms with Crippen LogP contribution in [0.3, 0.4) is 0 Å². The molecule has 0 aliphatic heterocycles. The lowest BCUT2D eigenvalue weighted by Crippen LogP contribution is -2.04. The van der Waals surface area contributed by atoms with E-state index in [1.54, 1.807) is 0 Å². The Morgan fingerprint density at radius 2 is 1.73 bits per heavy atom. The third-order valence-corrected chi connectivity index (χ3v) is 4.55. The first-order valence-corrected chi connectivity index (χ1v) is 8.49. The minimum Gasteiger partial charge on any atom is -0.369 e. The molecule has 0 radical (unpaired) electrons. The number of hydrogen-bond acceptors (Lipinski definition) is 5. The number of anilines is 3. The molecule has 0 bridgehead atoms. The molecule has 0 saturated heterocycles. The molecule has 0 atom stereocenters. The van der Waals surface area contributed by atoms with Crippen LogP contribution in [-0.4, -0.2) is 19.5 Å². The van der Waals surface area contributed by atoms with Gasteiger partial charge in [0, 0.05) is 16.8 Å². The molecule has 0 amide bonds. The third-order valence-electron chi connectivity index (χ3n) is 4.29. The number of benzene rings is 2. The summed E-state index contributed by atoms with van der Waals surface area (Å²) in [5.74, 6) is 1.70. The van der Waals surface area contributed by atoms with Crippen molar-refractivity contribution in [3.8, 4) is 5.82 Å². The summed E-state index contributed by atoms with van der Waals surface area (Å²) in [7, 11) is 0. The number of rotatable bonds is 3. The van der Waals surface area contributed by atoms with Gasteiger partial charge in [0.15, 0.2) is 0 Å². The Kier molecular flexibility index (Phi) is 3.97. The van der Waals surface area contributed by atoms with Gasteiger partial charge in [0.05, 0.1) is 11.0 Å². The van der Waals surface area contributed by atoms with Gasteiger partial charge in [-0.25, -0.2) is 15.0 Å². The second-order valence-electron chi connectivity index (χ2n) is 6.12. The normalized spacial score (nSPS) is 11.0. The highest BCUT2D eigenvalue weighted by molar-refractivity contribution is 6.30. The largest absolute Gasteiger partial charge is 0.369 e. The van der Waals surface area contributed by atoms with Crippen molar-refractivity contribution in [2.45, 2.75) is 13.8 Å². The van der Waals surface area contributed by atoms with Crippen molar-refractivity contribution < 1.29 is 0 Å². The average Bonchev–Trinajstić information content (AvgIpc) is 2.92. The molecule has 7 heteroatoms. The topological polar surface area (TPSA) is 81.6 Å². The second-order valence-corrected chi connectivity index (χ2v) is 6.56. The zero-order valence-electron chi connectivity index (χ0n) is 14.4. The number of nitrogens with zero attached hydrogens (tertiary/aromatic N) is 4. The molecular weight excluding hydrogens is 348 g/mol. The number of nitrogens with one attached hydrogen (secondary N) is 1. The van der Waals surface area contributed by atoms with E-state index in [0.29, 0.717) is 22.6 Å². The maximum atomic E-state index is 6.16. The lowest BCUT2D eigenvalue weighted by atomic mass is 10.1. The maximum Gasteiger partial charge on any atom is 0.207 e. The Morgan fingerprint density at radius 1 is 1.00 bits per heavy atom.